The van der Waals surface area contributed by atoms with Gasteiger partial charge in [-0.25, -0.2) is 8.42 Å². The van der Waals surface area contributed by atoms with E-state index in [4.69, 9.17) is 0 Å². The van der Waals surface area contributed by atoms with E-state index >= 15 is 0 Å². The van der Waals surface area contributed by atoms with Crippen molar-refractivity contribution in [2.24, 2.45) is 5.92 Å². The quantitative estimate of drug-likeness (QED) is 0.698. The first kappa shape index (κ1) is 18.9. The third-order valence-electron chi connectivity index (χ3n) is 4.25. The Labute approximate surface area is 161 Å². The van der Waals surface area contributed by atoms with Gasteiger partial charge in [0.15, 0.2) is 0 Å². The Morgan fingerprint density at radius 2 is 2.00 bits per heavy atom. The minimum Gasteiger partial charge on any atom is -0.207 e. The third kappa shape index (κ3) is 4.48. The van der Waals surface area contributed by atoms with Crippen LogP contribution in [-0.2, 0) is 16.4 Å². The molecular weight excluding hydrogens is 422 g/mol. The van der Waals surface area contributed by atoms with Crippen LogP contribution in [-0.4, -0.2) is 36.0 Å². The molecule has 0 amide bonds. The average molecular weight is 444 g/mol. The molecule has 25 heavy (non-hydrogen) atoms. The van der Waals surface area contributed by atoms with Gasteiger partial charge >= 0.3 is 0 Å². The Bertz CT molecular complexity index is 819. The molecule has 0 N–H and O–H groups in total. The zero-order valence-electron chi connectivity index (χ0n) is 14.4. The van der Waals surface area contributed by atoms with Crippen LogP contribution in [0, 0.1) is 5.92 Å². The monoisotopic (exact) mass is 443 g/mol. The summed E-state index contributed by atoms with van der Waals surface area (Å²) in [7, 11) is -3.46. The molecule has 0 spiro atoms. The number of halogens is 1. The molecule has 1 atom stereocenters. The van der Waals surface area contributed by atoms with E-state index in [1.165, 1.54) is 0 Å². The highest BCUT2D eigenvalue weighted by Gasteiger charge is 2.32. The second kappa shape index (κ2) is 7.82. The number of rotatable bonds is 5. The van der Waals surface area contributed by atoms with Gasteiger partial charge in [-0.2, -0.15) is 4.31 Å². The fraction of sp³-hybridized carbons (Fsp3) is 0.529. The number of hydrogen-bond donors (Lipinski definition) is 0. The van der Waals surface area contributed by atoms with Crippen molar-refractivity contribution in [2.45, 2.75) is 43.9 Å². The van der Waals surface area contributed by atoms with Crippen LogP contribution in [0.1, 0.15) is 42.6 Å². The Morgan fingerprint density at radius 1 is 1.28 bits per heavy atom. The number of sulfonamides is 1. The molecule has 1 aliphatic heterocycles. The van der Waals surface area contributed by atoms with Crippen LogP contribution < -0.4 is 0 Å². The van der Waals surface area contributed by atoms with E-state index < -0.39 is 10.0 Å². The predicted molar refractivity (Wildman–Crippen MR) is 103 cm³/mol. The molecule has 1 saturated heterocycles. The molecule has 1 aromatic heterocycles. The van der Waals surface area contributed by atoms with E-state index in [1.807, 2.05) is 0 Å². The first-order chi connectivity index (χ1) is 11.9. The number of piperidine rings is 1. The lowest BCUT2D eigenvalue weighted by Gasteiger charge is -2.30. The lowest BCUT2D eigenvalue weighted by molar-refractivity contribution is 0.314. The van der Waals surface area contributed by atoms with Crippen LogP contribution in [0.3, 0.4) is 0 Å². The van der Waals surface area contributed by atoms with Crippen LogP contribution in [0.5, 0.6) is 0 Å². The standard InChI is InChI=1S/C17H22BrN3O2S2/c1-12(2)10-16-19-20-17(24-16)13-4-3-9-21(11-13)25(22,23)15-7-5-14(18)6-8-15/h5-8,12-13H,3-4,9-11H2,1-2H3. The van der Waals surface area contributed by atoms with Crippen molar-refractivity contribution in [2.75, 3.05) is 13.1 Å². The van der Waals surface area contributed by atoms with Crippen LogP contribution in [0.25, 0.3) is 0 Å². The van der Waals surface area contributed by atoms with Crippen LogP contribution >= 0.6 is 27.3 Å². The minimum absolute atomic E-state index is 0.136. The molecule has 1 aliphatic rings. The summed E-state index contributed by atoms with van der Waals surface area (Å²) < 4.78 is 28.3. The zero-order chi connectivity index (χ0) is 18.0. The number of aromatic nitrogens is 2. The fourth-order valence-corrected chi connectivity index (χ4v) is 5.95. The van der Waals surface area contributed by atoms with Gasteiger partial charge in [-0.3, -0.25) is 0 Å². The van der Waals surface area contributed by atoms with Gasteiger partial charge in [0.25, 0.3) is 0 Å². The normalized spacial score (nSPS) is 19.4. The molecule has 2 aromatic rings. The Hall–Kier alpha value is -0.830. The molecule has 1 fully saturated rings. The molecular formula is C17H22BrN3O2S2. The molecule has 0 aliphatic carbocycles. The van der Waals surface area contributed by atoms with Crippen molar-refractivity contribution in [3.63, 3.8) is 0 Å². The molecule has 0 bridgehead atoms. The van der Waals surface area contributed by atoms with E-state index in [0.29, 0.717) is 23.9 Å². The van der Waals surface area contributed by atoms with E-state index in [-0.39, 0.29) is 5.92 Å². The second-order valence-electron chi connectivity index (χ2n) is 6.79. The zero-order valence-corrected chi connectivity index (χ0v) is 17.6. The van der Waals surface area contributed by atoms with Gasteiger partial charge < -0.3 is 0 Å². The van der Waals surface area contributed by atoms with Gasteiger partial charge in [-0.15, -0.1) is 21.5 Å². The predicted octanol–water partition coefficient (Wildman–Crippen LogP) is 4.07. The number of benzene rings is 1. The topological polar surface area (TPSA) is 63.2 Å². The molecule has 136 valence electrons. The lowest BCUT2D eigenvalue weighted by Crippen LogP contribution is -2.39. The molecule has 0 saturated carbocycles. The summed E-state index contributed by atoms with van der Waals surface area (Å²) in [5, 5.41) is 10.6. The van der Waals surface area contributed by atoms with Crippen LogP contribution in [0.15, 0.2) is 33.6 Å². The van der Waals surface area contributed by atoms with Gasteiger partial charge in [-0.1, -0.05) is 29.8 Å². The maximum atomic E-state index is 12.9. The molecule has 5 nitrogen and oxygen atoms in total. The maximum Gasteiger partial charge on any atom is 0.243 e. The van der Waals surface area contributed by atoms with Gasteiger partial charge in [0.05, 0.1) is 4.90 Å². The Kier molecular flexibility index (Phi) is 5.92. The smallest absolute Gasteiger partial charge is 0.207 e. The van der Waals surface area contributed by atoms with Gasteiger partial charge in [0.2, 0.25) is 10.0 Å². The van der Waals surface area contributed by atoms with Crippen molar-refractivity contribution in [1.29, 1.82) is 0 Å². The first-order valence-corrected chi connectivity index (χ1v) is 11.5. The van der Waals surface area contributed by atoms with Crippen molar-refractivity contribution in [3.8, 4) is 0 Å². The fourth-order valence-electron chi connectivity index (χ4n) is 2.98. The van der Waals surface area contributed by atoms with Crippen molar-refractivity contribution < 1.29 is 8.42 Å². The summed E-state index contributed by atoms with van der Waals surface area (Å²) in [6.07, 6.45) is 2.73. The molecule has 1 unspecified atom stereocenters. The minimum atomic E-state index is -3.46. The molecule has 8 heteroatoms. The summed E-state index contributed by atoms with van der Waals surface area (Å²) in [5.41, 5.74) is 0. The SMILES string of the molecule is CC(C)Cc1nnc(C2CCCN(S(=O)(=O)c3ccc(Br)cc3)C2)s1. The van der Waals surface area contributed by atoms with E-state index in [1.54, 1.807) is 39.9 Å². The average Bonchev–Trinajstić information content (AvgIpc) is 3.03. The summed E-state index contributed by atoms with van der Waals surface area (Å²) in [6.45, 7) is 5.36. The highest BCUT2D eigenvalue weighted by atomic mass is 79.9. The van der Waals surface area contributed by atoms with Gasteiger partial charge in [0.1, 0.15) is 10.0 Å². The first-order valence-electron chi connectivity index (χ1n) is 8.44. The Balaban J connectivity index is 1.76. The summed E-state index contributed by atoms with van der Waals surface area (Å²) in [6, 6.07) is 6.82. The van der Waals surface area contributed by atoms with Gasteiger partial charge in [-0.05, 0) is 43.0 Å². The molecule has 0 radical (unpaired) electrons. The highest BCUT2D eigenvalue weighted by molar-refractivity contribution is 9.10. The van der Waals surface area contributed by atoms with Crippen molar-refractivity contribution in [1.82, 2.24) is 14.5 Å². The second-order valence-corrected chi connectivity index (χ2v) is 10.7. The molecule has 3 rings (SSSR count). The largest absolute Gasteiger partial charge is 0.243 e. The van der Waals surface area contributed by atoms with E-state index in [9.17, 15) is 8.42 Å². The Morgan fingerprint density at radius 3 is 2.68 bits per heavy atom. The van der Waals surface area contributed by atoms with Crippen LogP contribution in [0.4, 0.5) is 0 Å². The van der Waals surface area contributed by atoms with Crippen molar-refractivity contribution in [3.05, 3.63) is 38.8 Å². The summed E-state index contributed by atoms with van der Waals surface area (Å²) in [5.74, 6) is 0.679. The molecule has 1 aromatic carbocycles. The van der Waals surface area contributed by atoms with Crippen molar-refractivity contribution >= 4 is 37.3 Å². The van der Waals surface area contributed by atoms with Crippen LogP contribution in [0.2, 0.25) is 0 Å². The highest BCUT2D eigenvalue weighted by Crippen LogP contribution is 2.32. The van der Waals surface area contributed by atoms with E-state index in [0.717, 1.165) is 33.8 Å². The lowest BCUT2D eigenvalue weighted by atomic mass is 10.0. The molecule has 2 heterocycles. The van der Waals surface area contributed by atoms with E-state index in [2.05, 4.69) is 40.0 Å². The number of nitrogens with zero attached hydrogens (tertiary/aromatic N) is 3. The number of hydrogen-bond acceptors (Lipinski definition) is 5. The maximum absolute atomic E-state index is 12.9. The van der Waals surface area contributed by atoms with Gasteiger partial charge in [0, 0.05) is 29.9 Å². The third-order valence-corrected chi connectivity index (χ3v) is 7.77. The summed E-state index contributed by atoms with van der Waals surface area (Å²) >= 11 is 4.97. The summed E-state index contributed by atoms with van der Waals surface area (Å²) in [4.78, 5) is 0.342.